The molecule has 0 amide bonds. The van der Waals surface area contributed by atoms with Gasteiger partial charge in [0.05, 0.1) is 24.0 Å². The summed E-state index contributed by atoms with van der Waals surface area (Å²) < 4.78 is 37.8. The minimum atomic E-state index is -4.94. The van der Waals surface area contributed by atoms with Crippen molar-refractivity contribution in [2.24, 2.45) is 14.1 Å². The molecule has 0 radical (unpaired) electrons. The van der Waals surface area contributed by atoms with Crippen LogP contribution in [-0.2, 0) is 35.2 Å². The summed E-state index contributed by atoms with van der Waals surface area (Å²) in [5.41, 5.74) is 1.83. The third-order valence-electron chi connectivity index (χ3n) is 2.87. The molecule has 4 heterocycles. The van der Waals surface area contributed by atoms with E-state index in [1.807, 2.05) is 72.0 Å². The number of nitrogens with zero attached hydrogens (tertiary/aromatic N) is 6. The molecule has 10 nitrogen and oxygen atoms in total. The molecule has 4 aromatic heterocycles. The Labute approximate surface area is 190 Å². The van der Waals surface area contributed by atoms with Gasteiger partial charge in [0.25, 0.3) is 0 Å². The summed E-state index contributed by atoms with van der Waals surface area (Å²) in [4.78, 5) is 15.9. The van der Waals surface area contributed by atoms with Crippen molar-refractivity contribution < 1.29 is 49.9 Å². The molecule has 12 heteroatoms. The topological polar surface area (TPSA) is 154 Å². The summed E-state index contributed by atoms with van der Waals surface area (Å²) in [7, 11) is -1.07. The number of pyridine rings is 2. The molecule has 0 aliphatic heterocycles. The van der Waals surface area contributed by atoms with Gasteiger partial charge in [0.15, 0.2) is 0 Å². The predicted octanol–water partition coefficient (Wildman–Crippen LogP) is -1.77. The van der Waals surface area contributed by atoms with Gasteiger partial charge in [-0.15, -0.1) is 10.2 Å². The zero-order valence-corrected chi connectivity index (χ0v) is 19.1. The van der Waals surface area contributed by atoms with Crippen LogP contribution in [0.25, 0.3) is 11.4 Å². The van der Waals surface area contributed by atoms with Gasteiger partial charge in [-0.05, 0) is 24.3 Å². The Morgan fingerprint density at radius 3 is 1.20 bits per heavy atom. The van der Waals surface area contributed by atoms with Crippen molar-refractivity contribution >= 4 is 0 Å². The summed E-state index contributed by atoms with van der Waals surface area (Å²) >= 11 is 0. The standard InChI is InChI=1S/C10H8N2.2C4H6N2.ClHO4.Pt/c1-3-7-11-9(5-1)10-6-2-4-8-12-10;2*1-6-3-2-5-4-6;2-1(3,4)5;/h1-8H;2*2-4H,1H3;(H,2,3,4,5);/q;;;;+2/p-1. The maximum atomic E-state index is 8.49. The van der Waals surface area contributed by atoms with Crippen LogP contribution in [0.15, 0.2) is 86.2 Å². The summed E-state index contributed by atoms with van der Waals surface area (Å²) in [5, 5.41) is 0. The molecule has 0 aliphatic carbocycles. The van der Waals surface area contributed by atoms with Gasteiger partial charge in [-0.3, -0.25) is 9.97 Å². The van der Waals surface area contributed by atoms with E-state index in [0.717, 1.165) is 11.4 Å². The van der Waals surface area contributed by atoms with Crippen LogP contribution in [0, 0.1) is 10.2 Å². The summed E-state index contributed by atoms with van der Waals surface area (Å²) in [6.07, 6.45) is 14.3. The molecule has 4 aromatic rings. The molecule has 4 rings (SSSR count). The smallest absolute Gasteiger partial charge is 0.341 e. The maximum Gasteiger partial charge on any atom is 2.00 e. The number of aryl methyl sites for hydroxylation is 2. The minimum absolute atomic E-state index is 0. The van der Waals surface area contributed by atoms with E-state index in [2.05, 4.69) is 19.9 Å². The molecule has 0 unspecified atom stereocenters. The predicted molar refractivity (Wildman–Crippen MR) is 93.9 cm³/mol. The van der Waals surface area contributed by atoms with Crippen LogP contribution < -0.4 is 18.6 Å². The quantitative estimate of drug-likeness (QED) is 0.244. The number of aromatic nitrogens is 6. The van der Waals surface area contributed by atoms with Crippen molar-refractivity contribution in [2.45, 2.75) is 0 Å². The van der Waals surface area contributed by atoms with Crippen LogP contribution in [0.1, 0.15) is 0 Å². The van der Waals surface area contributed by atoms with E-state index in [1.165, 1.54) is 0 Å². The Kier molecular flexibility index (Phi) is 14.1. The molecule has 30 heavy (non-hydrogen) atoms. The molecule has 0 atom stereocenters. The van der Waals surface area contributed by atoms with E-state index >= 15 is 0 Å². The van der Waals surface area contributed by atoms with Crippen LogP contribution in [-0.4, -0.2) is 29.1 Å². The molecule has 0 bridgehead atoms. The summed E-state index contributed by atoms with van der Waals surface area (Å²) in [6, 6.07) is 11.6. The number of imidazole rings is 2. The molecule has 0 saturated carbocycles. The first-order valence-corrected chi connectivity index (χ1v) is 9.27. The second kappa shape index (κ2) is 15.4. The van der Waals surface area contributed by atoms with Crippen LogP contribution in [0.4, 0.5) is 0 Å². The van der Waals surface area contributed by atoms with Gasteiger partial charge in [-0.1, -0.05) is 12.1 Å². The Morgan fingerprint density at radius 1 is 0.667 bits per heavy atom. The first-order chi connectivity index (χ1) is 13.8. The van der Waals surface area contributed by atoms with Gasteiger partial charge >= 0.3 is 21.1 Å². The SMILES string of the molecule is Cn1ccnc1.Cn1ccnc1.[O-][Cl+3]([O-])([O-])[O-].[Pt+2].c1ccc(-c2ccccn2)nc1. The second-order valence-electron chi connectivity index (χ2n) is 5.26. The first-order valence-electron chi connectivity index (χ1n) is 8.03. The normalized spacial score (nSPS) is 9.40. The fourth-order valence-electron chi connectivity index (χ4n) is 1.68. The Morgan fingerprint density at radius 2 is 1.03 bits per heavy atom. The van der Waals surface area contributed by atoms with Gasteiger partial charge in [-0.2, -0.15) is 0 Å². The van der Waals surface area contributed by atoms with E-state index in [-0.39, 0.29) is 21.1 Å². The monoisotopic (exact) mass is 614 g/mol. The number of hydrogen-bond donors (Lipinski definition) is 0. The minimum Gasteiger partial charge on any atom is -0.341 e. The third-order valence-corrected chi connectivity index (χ3v) is 2.87. The molecule has 162 valence electrons. The molecule has 0 spiro atoms. The average molecular weight is 615 g/mol. The van der Waals surface area contributed by atoms with E-state index in [4.69, 9.17) is 18.6 Å². The molecule has 0 saturated heterocycles. The van der Waals surface area contributed by atoms with Gasteiger partial charge in [-0.25, -0.2) is 28.6 Å². The van der Waals surface area contributed by atoms with Crippen molar-refractivity contribution in [3.05, 3.63) is 86.2 Å². The summed E-state index contributed by atoms with van der Waals surface area (Å²) in [6.45, 7) is 0. The van der Waals surface area contributed by atoms with Crippen LogP contribution in [0.5, 0.6) is 0 Å². The fraction of sp³-hybridized carbons (Fsp3) is 0.111. The zero-order valence-electron chi connectivity index (χ0n) is 16.1. The Balaban J connectivity index is 0.000000401. The van der Waals surface area contributed by atoms with Crippen LogP contribution in [0.3, 0.4) is 0 Å². The Bertz CT molecular complexity index is 800. The number of hydrogen-bond acceptors (Lipinski definition) is 8. The average Bonchev–Trinajstić information content (AvgIpc) is 3.36. The zero-order chi connectivity index (χ0) is 21.5. The van der Waals surface area contributed by atoms with Gasteiger partial charge < -0.3 is 9.13 Å². The summed E-state index contributed by atoms with van der Waals surface area (Å²) in [5.74, 6) is 0. The third kappa shape index (κ3) is 15.5. The van der Waals surface area contributed by atoms with E-state index in [1.54, 1.807) is 37.4 Å². The van der Waals surface area contributed by atoms with E-state index in [9.17, 15) is 0 Å². The molecule has 0 aliphatic rings. The fourth-order valence-corrected chi connectivity index (χ4v) is 1.68. The molecule has 0 fully saturated rings. The molecule has 0 N–H and O–H groups in total. The van der Waals surface area contributed by atoms with Crippen molar-refractivity contribution in [1.82, 2.24) is 29.1 Å². The molecule has 0 aromatic carbocycles. The van der Waals surface area contributed by atoms with Crippen LogP contribution in [0.2, 0.25) is 0 Å². The van der Waals surface area contributed by atoms with E-state index < -0.39 is 10.2 Å². The van der Waals surface area contributed by atoms with E-state index in [0.29, 0.717) is 0 Å². The second-order valence-corrected chi connectivity index (χ2v) is 6.02. The maximum absolute atomic E-state index is 8.49. The van der Waals surface area contributed by atoms with Crippen LogP contribution >= 0.6 is 0 Å². The van der Waals surface area contributed by atoms with Crippen molar-refractivity contribution in [3.8, 4) is 11.4 Å². The molecular weight excluding hydrogens is 595 g/mol. The Hall–Kier alpha value is -2.46. The van der Waals surface area contributed by atoms with Crippen molar-refractivity contribution in [2.75, 3.05) is 0 Å². The number of halogens is 1. The van der Waals surface area contributed by atoms with Crippen molar-refractivity contribution in [3.63, 3.8) is 0 Å². The largest absolute Gasteiger partial charge is 2.00 e. The van der Waals surface area contributed by atoms with Gasteiger partial charge in [0.1, 0.15) is 0 Å². The van der Waals surface area contributed by atoms with Gasteiger partial charge in [0.2, 0.25) is 0 Å². The first kappa shape index (κ1) is 27.5. The molecular formula is C18H20ClN6O4Pt+. The van der Waals surface area contributed by atoms with Gasteiger partial charge in [0, 0.05) is 51.3 Å². The number of rotatable bonds is 1. The van der Waals surface area contributed by atoms with Crippen molar-refractivity contribution in [1.29, 1.82) is 0 Å².